The fourth-order valence-electron chi connectivity index (χ4n) is 0. The molecule has 12 heteroatoms. The Morgan fingerprint density at radius 1 is 1.00 bits per heavy atom. The molecule has 3 nitrogen and oxygen atoms in total. The van der Waals surface area contributed by atoms with E-state index < -0.39 is 25.3 Å². The first-order valence-electron chi connectivity index (χ1n) is 1.52. The summed E-state index contributed by atoms with van der Waals surface area (Å²) in [6, 6.07) is 0. The van der Waals surface area contributed by atoms with E-state index in [0.29, 0.717) is 0 Å². The van der Waals surface area contributed by atoms with E-state index in [9.17, 15) is 21.2 Å². The molecule has 0 unspecified atom stereocenters. The molecule has 0 rings (SSSR count). The second-order valence-corrected chi connectivity index (χ2v) is 4.56. The summed E-state index contributed by atoms with van der Waals surface area (Å²) in [5.74, 6) is 0. The van der Waals surface area contributed by atoms with Gasteiger partial charge in [0.2, 0.25) is 0 Å². The van der Waals surface area contributed by atoms with E-state index in [2.05, 4.69) is 0 Å². The summed E-state index contributed by atoms with van der Waals surface area (Å²) < 4.78 is 83.5. The first-order valence-corrected chi connectivity index (χ1v) is 6.40. The molecule has 0 aliphatic heterocycles. The Labute approximate surface area is 78.5 Å². The summed E-state index contributed by atoms with van der Waals surface area (Å²) in [4.78, 5) is 0. The summed E-state index contributed by atoms with van der Waals surface area (Å²) in [5.41, 5.74) is 0. The van der Waals surface area contributed by atoms with Crippen molar-refractivity contribution in [1.82, 2.24) is 0 Å². The second kappa shape index (κ2) is 4.76. The molecule has 0 aliphatic rings. The molecule has 0 aliphatic carbocycles. The van der Waals surface area contributed by atoms with Crippen LogP contribution in [0.4, 0.5) is 21.2 Å². The number of hydrogen-bond acceptors (Lipinski definition) is 2. The minimum absolute atomic E-state index is 0. The van der Waals surface area contributed by atoms with Gasteiger partial charge in [-0.1, -0.05) is 3.89 Å². The normalized spacial score (nSPS) is 14.4. The fraction of sp³-hybridized carbons (Fsp3) is 0. The van der Waals surface area contributed by atoms with E-state index in [1.54, 1.807) is 0 Å². The van der Waals surface area contributed by atoms with E-state index in [1.165, 1.54) is 0 Å². The van der Waals surface area contributed by atoms with Gasteiger partial charge in [0.1, 0.15) is 0 Å². The molecular formula is H2AsF6LiO3S. The van der Waals surface area contributed by atoms with E-state index in [1.807, 2.05) is 0 Å². The van der Waals surface area contributed by atoms with Crippen LogP contribution in [0.1, 0.15) is 0 Å². The van der Waals surface area contributed by atoms with Gasteiger partial charge in [0.15, 0.2) is 0 Å². The third kappa shape index (κ3) is 2370. The molecule has 0 amide bonds. The van der Waals surface area contributed by atoms with Crippen molar-refractivity contribution in [2.24, 2.45) is 0 Å². The van der Waals surface area contributed by atoms with Crippen LogP contribution in [-0.2, 0) is 10.5 Å². The first-order chi connectivity index (χ1) is 4.24. The molecule has 0 radical (unpaired) electrons. The molecule has 0 saturated heterocycles. The zero-order valence-corrected chi connectivity index (χ0v) is 7.08. The van der Waals surface area contributed by atoms with Crippen LogP contribution in [0.2, 0.25) is 0 Å². The Bertz CT molecular complexity index is 188. The van der Waals surface area contributed by atoms with Crippen molar-refractivity contribution < 1.29 is 34.2 Å². The molecule has 0 aromatic rings. The van der Waals surface area contributed by atoms with Gasteiger partial charge in [-0.2, -0.15) is 8.42 Å². The molecule has 0 bridgehead atoms. The van der Waals surface area contributed by atoms with Crippen LogP contribution in [0.3, 0.4) is 0 Å². The van der Waals surface area contributed by atoms with Gasteiger partial charge in [-0.15, -0.1) is 0 Å². The van der Waals surface area contributed by atoms with E-state index in [4.69, 9.17) is 13.0 Å². The fourth-order valence-corrected chi connectivity index (χ4v) is 0. The van der Waals surface area contributed by atoms with Gasteiger partial charge in [-0.05, 0) is 0 Å². The summed E-state index contributed by atoms with van der Waals surface area (Å²) in [7, 11) is -5.17. The monoisotopic (exact) mass is 278 g/mol. The van der Waals surface area contributed by atoms with Crippen LogP contribution >= 0.6 is 0 Å². The SMILES string of the molecule is F[As](F)(F)(F)F.O=S(=O)(O)F.[LiH]. The van der Waals surface area contributed by atoms with Crippen LogP contribution in [0.5, 0.6) is 0 Å². The number of hydrogen-bond donors (Lipinski definition) is 1. The van der Waals surface area contributed by atoms with Crippen molar-refractivity contribution >= 4 is 44.2 Å². The molecule has 0 heterocycles. The molecule has 12 heavy (non-hydrogen) atoms. The van der Waals surface area contributed by atoms with E-state index >= 15 is 0 Å². The summed E-state index contributed by atoms with van der Waals surface area (Å²) >= 11 is -8.99. The molecule has 0 aromatic heterocycles. The van der Waals surface area contributed by atoms with Gasteiger partial charge in [0.05, 0.1) is 0 Å². The molecule has 0 fully saturated rings. The molecule has 0 atom stereocenters. The number of rotatable bonds is 0. The Morgan fingerprint density at radius 2 is 1.00 bits per heavy atom. The summed E-state index contributed by atoms with van der Waals surface area (Å²) in [6.45, 7) is 0. The Balaban J connectivity index is -0.000000126. The molecule has 1 N–H and O–H groups in total. The minimum atomic E-state index is -8.99. The van der Waals surface area contributed by atoms with Crippen molar-refractivity contribution in [3.05, 3.63) is 0 Å². The molecular weight excluding hydrogens is 276 g/mol. The standard InChI is InChI=1S/AsF5.FHO3S.Li.H/c2-1(3,4,5)6;1-5(2,3)4;;/h;(H,2,3,4);;. The quantitative estimate of drug-likeness (QED) is 0.309. The average Bonchev–Trinajstić information content (AvgIpc) is 1.07. The van der Waals surface area contributed by atoms with Crippen molar-refractivity contribution in [3.63, 3.8) is 0 Å². The van der Waals surface area contributed by atoms with Gasteiger partial charge in [0, 0.05) is 0 Å². The van der Waals surface area contributed by atoms with Crippen LogP contribution in [0.15, 0.2) is 0 Å². The van der Waals surface area contributed by atoms with Crippen LogP contribution in [-0.4, -0.2) is 46.6 Å². The maximum absolute atomic E-state index is 10.2. The first kappa shape index (κ1) is 18.4. The van der Waals surface area contributed by atoms with Crippen molar-refractivity contribution in [3.8, 4) is 0 Å². The Morgan fingerprint density at radius 3 is 1.00 bits per heavy atom. The molecule has 0 spiro atoms. The zero-order chi connectivity index (χ0) is 9.95. The van der Waals surface area contributed by atoms with Gasteiger partial charge in [-0.3, -0.25) is 4.55 Å². The number of halogens is 6. The van der Waals surface area contributed by atoms with Crippen molar-refractivity contribution in [1.29, 1.82) is 0 Å². The molecule has 74 valence electrons. The summed E-state index contributed by atoms with van der Waals surface area (Å²) in [6.07, 6.45) is 0. The van der Waals surface area contributed by atoms with Gasteiger partial charge in [0.25, 0.3) is 0 Å². The van der Waals surface area contributed by atoms with Crippen LogP contribution < -0.4 is 0 Å². The van der Waals surface area contributed by atoms with Crippen molar-refractivity contribution in [2.75, 3.05) is 0 Å². The van der Waals surface area contributed by atoms with E-state index in [0.717, 1.165) is 0 Å². The van der Waals surface area contributed by atoms with E-state index in [-0.39, 0.29) is 18.9 Å². The summed E-state index contributed by atoms with van der Waals surface area (Å²) in [5, 5.41) is 0. The predicted molar refractivity (Wildman–Crippen MR) is 31.1 cm³/mol. The average molecular weight is 278 g/mol. The molecule has 0 aromatic carbocycles. The third-order valence-corrected chi connectivity index (χ3v) is 0. The van der Waals surface area contributed by atoms with Crippen LogP contribution in [0, 0.1) is 0 Å². The maximum atomic E-state index is 10.2. The van der Waals surface area contributed by atoms with Crippen molar-refractivity contribution in [2.45, 2.75) is 0 Å². The zero-order valence-electron chi connectivity index (χ0n) is 4.39. The topological polar surface area (TPSA) is 54.4 Å². The molecule has 0 saturated carbocycles. The van der Waals surface area contributed by atoms with Gasteiger partial charge < -0.3 is 0 Å². The van der Waals surface area contributed by atoms with Crippen LogP contribution in [0.25, 0.3) is 0 Å². The third-order valence-electron chi connectivity index (χ3n) is 0. The van der Waals surface area contributed by atoms with Gasteiger partial charge in [-0.25, -0.2) is 0 Å². The predicted octanol–water partition coefficient (Wildman–Crippen LogP) is 0.830. The van der Waals surface area contributed by atoms with Gasteiger partial charge >= 0.3 is 61.5 Å². The Kier molecular flexibility index (Phi) is 7.32. The second-order valence-electron chi connectivity index (χ2n) is 1.05. The Hall–Kier alpha value is 0.646.